The van der Waals surface area contributed by atoms with Gasteiger partial charge in [0.2, 0.25) is 10.0 Å². The molecule has 0 aliphatic carbocycles. The molecule has 2 aromatic rings. The molecule has 10 heteroatoms. The van der Waals surface area contributed by atoms with Gasteiger partial charge in [-0.3, -0.25) is 20.4 Å². The predicted molar refractivity (Wildman–Crippen MR) is 108 cm³/mol. The topological polar surface area (TPSA) is 95.6 Å². The monoisotopic (exact) mass is 443 g/mol. The SMILES string of the molecule is CCN(CC)S(=O)(=O)c1cccc(C(=O)NNC(=O)c2ccc(Cl)c(Cl)c2)c1. The first-order valence-electron chi connectivity index (χ1n) is 8.36. The van der Waals surface area contributed by atoms with Gasteiger partial charge in [0.15, 0.2) is 0 Å². The van der Waals surface area contributed by atoms with E-state index in [0.717, 1.165) is 0 Å². The highest BCUT2D eigenvalue weighted by molar-refractivity contribution is 7.89. The number of rotatable bonds is 6. The Morgan fingerprint density at radius 1 is 0.893 bits per heavy atom. The Balaban J connectivity index is 2.13. The molecule has 0 radical (unpaired) electrons. The molecule has 0 bridgehead atoms. The van der Waals surface area contributed by atoms with Crippen LogP contribution in [0.3, 0.4) is 0 Å². The number of nitrogens with zero attached hydrogens (tertiary/aromatic N) is 1. The second-order valence-electron chi connectivity index (χ2n) is 5.65. The Hall–Kier alpha value is -2.13. The first-order valence-corrected chi connectivity index (χ1v) is 10.6. The maximum atomic E-state index is 12.6. The van der Waals surface area contributed by atoms with Gasteiger partial charge in [-0.25, -0.2) is 8.42 Å². The molecule has 7 nitrogen and oxygen atoms in total. The van der Waals surface area contributed by atoms with Crippen molar-refractivity contribution in [1.82, 2.24) is 15.2 Å². The molecular weight excluding hydrogens is 425 g/mol. The lowest BCUT2D eigenvalue weighted by atomic mass is 10.2. The fourth-order valence-electron chi connectivity index (χ4n) is 2.41. The summed E-state index contributed by atoms with van der Waals surface area (Å²) in [5, 5.41) is 0.503. The first-order chi connectivity index (χ1) is 13.2. The Labute approximate surface area is 173 Å². The van der Waals surface area contributed by atoms with E-state index in [2.05, 4.69) is 10.9 Å². The summed E-state index contributed by atoms with van der Waals surface area (Å²) < 4.78 is 26.4. The zero-order valence-corrected chi connectivity index (χ0v) is 17.5. The molecule has 2 rings (SSSR count). The van der Waals surface area contributed by atoms with Gasteiger partial charge in [0, 0.05) is 24.2 Å². The number of halogens is 2. The molecule has 0 spiro atoms. The normalized spacial score (nSPS) is 11.3. The van der Waals surface area contributed by atoms with Crippen LogP contribution < -0.4 is 10.9 Å². The number of sulfonamides is 1. The van der Waals surface area contributed by atoms with Gasteiger partial charge in [0.05, 0.1) is 14.9 Å². The van der Waals surface area contributed by atoms with Gasteiger partial charge >= 0.3 is 0 Å². The van der Waals surface area contributed by atoms with E-state index in [1.807, 2.05) is 0 Å². The Morgan fingerprint density at radius 2 is 1.46 bits per heavy atom. The summed E-state index contributed by atoms with van der Waals surface area (Å²) in [5.41, 5.74) is 4.78. The van der Waals surface area contributed by atoms with Gasteiger partial charge in [0.1, 0.15) is 0 Å². The van der Waals surface area contributed by atoms with Crippen molar-refractivity contribution < 1.29 is 18.0 Å². The van der Waals surface area contributed by atoms with Crippen LogP contribution in [0.1, 0.15) is 34.6 Å². The molecule has 150 valence electrons. The van der Waals surface area contributed by atoms with Crippen LogP contribution in [-0.4, -0.2) is 37.6 Å². The van der Waals surface area contributed by atoms with Crippen LogP contribution >= 0.6 is 23.2 Å². The van der Waals surface area contributed by atoms with Gasteiger partial charge in [-0.1, -0.05) is 43.1 Å². The summed E-state index contributed by atoms with van der Waals surface area (Å²) in [7, 11) is -3.70. The lowest BCUT2D eigenvalue weighted by Gasteiger charge is -2.18. The Bertz CT molecular complexity index is 992. The van der Waals surface area contributed by atoms with E-state index in [0.29, 0.717) is 18.1 Å². The standard InChI is InChI=1S/C18H19Cl2N3O4S/c1-3-23(4-2)28(26,27)14-7-5-6-12(10-14)17(24)21-22-18(25)13-8-9-15(19)16(20)11-13/h5-11H,3-4H2,1-2H3,(H,21,24)(H,22,25). The minimum Gasteiger partial charge on any atom is -0.267 e. The molecule has 2 aromatic carbocycles. The fraction of sp³-hybridized carbons (Fsp3) is 0.222. The highest BCUT2D eigenvalue weighted by atomic mass is 35.5. The minimum absolute atomic E-state index is 0.000315. The second-order valence-corrected chi connectivity index (χ2v) is 8.41. The number of amides is 2. The predicted octanol–water partition coefficient (Wildman–Crippen LogP) is 3.10. The molecule has 0 atom stereocenters. The minimum atomic E-state index is -3.70. The molecule has 0 aliphatic rings. The number of carbonyl (C=O) groups excluding carboxylic acids is 2. The zero-order valence-electron chi connectivity index (χ0n) is 15.2. The van der Waals surface area contributed by atoms with E-state index >= 15 is 0 Å². The summed E-state index contributed by atoms with van der Waals surface area (Å²) in [6.45, 7) is 4.09. The molecule has 0 fully saturated rings. The average Bonchev–Trinajstić information content (AvgIpc) is 2.68. The van der Waals surface area contributed by atoms with Crippen molar-refractivity contribution in [1.29, 1.82) is 0 Å². The fourth-order valence-corrected chi connectivity index (χ4v) is 4.21. The van der Waals surface area contributed by atoms with Gasteiger partial charge in [-0.2, -0.15) is 4.31 Å². The molecule has 2 amide bonds. The van der Waals surface area contributed by atoms with Crippen LogP contribution in [0, 0.1) is 0 Å². The highest BCUT2D eigenvalue weighted by Crippen LogP contribution is 2.22. The molecule has 0 aliphatic heterocycles. The first kappa shape index (κ1) is 22.2. The number of benzene rings is 2. The van der Waals surface area contributed by atoms with E-state index in [4.69, 9.17) is 23.2 Å². The van der Waals surface area contributed by atoms with Crippen LogP contribution in [0.2, 0.25) is 10.0 Å². The van der Waals surface area contributed by atoms with Crippen LogP contribution in [-0.2, 0) is 10.0 Å². The largest absolute Gasteiger partial charge is 0.269 e. The number of hydrazine groups is 1. The number of hydrogen-bond acceptors (Lipinski definition) is 4. The quantitative estimate of drug-likeness (QED) is 0.670. The summed E-state index contributed by atoms with van der Waals surface area (Å²) in [6, 6.07) is 9.86. The second kappa shape index (κ2) is 9.38. The molecule has 0 saturated carbocycles. The van der Waals surface area contributed by atoms with Crippen molar-refractivity contribution in [3.05, 3.63) is 63.6 Å². The maximum absolute atomic E-state index is 12.6. The third kappa shape index (κ3) is 5.02. The summed E-state index contributed by atoms with van der Waals surface area (Å²) >= 11 is 11.7. The lowest BCUT2D eigenvalue weighted by molar-refractivity contribution is 0.0846. The Kier molecular flexibility index (Phi) is 7.42. The summed E-state index contributed by atoms with van der Waals surface area (Å²) in [6.07, 6.45) is 0. The summed E-state index contributed by atoms with van der Waals surface area (Å²) in [5.74, 6) is -1.26. The van der Waals surface area contributed by atoms with Crippen LogP contribution in [0.4, 0.5) is 0 Å². The van der Waals surface area contributed by atoms with Crippen molar-refractivity contribution >= 4 is 45.0 Å². The van der Waals surface area contributed by atoms with Crippen molar-refractivity contribution in [2.75, 3.05) is 13.1 Å². The molecule has 0 heterocycles. The van der Waals surface area contributed by atoms with Crippen LogP contribution in [0.15, 0.2) is 47.4 Å². The molecule has 0 saturated heterocycles. The molecule has 28 heavy (non-hydrogen) atoms. The molecule has 0 aromatic heterocycles. The molecule has 2 N–H and O–H groups in total. The van der Waals surface area contributed by atoms with Gasteiger partial charge in [-0.05, 0) is 36.4 Å². The molecule has 0 unspecified atom stereocenters. The van der Waals surface area contributed by atoms with E-state index in [-0.39, 0.29) is 21.0 Å². The van der Waals surface area contributed by atoms with Gasteiger partial charge in [0.25, 0.3) is 11.8 Å². The smallest absolute Gasteiger partial charge is 0.267 e. The van der Waals surface area contributed by atoms with Crippen molar-refractivity contribution in [2.24, 2.45) is 0 Å². The number of carbonyl (C=O) groups is 2. The van der Waals surface area contributed by atoms with Gasteiger partial charge in [-0.15, -0.1) is 0 Å². The van der Waals surface area contributed by atoms with Crippen molar-refractivity contribution in [3.63, 3.8) is 0 Å². The van der Waals surface area contributed by atoms with E-state index in [1.165, 1.54) is 46.8 Å². The Morgan fingerprint density at radius 3 is 2.00 bits per heavy atom. The van der Waals surface area contributed by atoms with Crippen molar-refractivity contribution in [3.8, 4) is 0 Å². The average molecular weight is 444 g/mol. The highest BCUT2D eigenvalue weighted by Gasteiger charge is 2.22. The van der Waals surface area contributed by atoms with Gasteiger partial charge < -0.3 is 0 Å². The third-order valence-electron chi connectivity index (χ3n) is 3.91. The zero-order chi connectivity index (χ0) is 20.9. The van der Waals surface area contributed by atoms with E-state index in [1.54, 1.807) is 13.8 Å². The third-order valence-corrected chi connectivity index (χ3v) is 6.70. The van der Waals surface area contributed by atoms with Crippen molar-refractivity contribution in [2.45, 2.75) is 18.7 Å². The van der Waals surface area contributed by atoms with Crippen LogP contribution in [0.25, 0.3) is 0 Å². The maximum Gasteiger partial charge on any atom is 0.269 e. The van der Waals surface area contributed by atoms with E-state index in [9.17, 15) is 18.0 Å². The number of nitrogens with one attached hydrogen (secondary N) is 2. The number of hydrogen-bond donors (Lipinski definition) is 2. The van der Waals surface area contributed by atoms with E-state index < -0.39 is 21.8 Å². The molecular formula is C18H19Cl2N3O4S. The lowest BCUT2D eigenvalue weighted by Crippen LogP contribution is -2.41. The van der Waals surface area contributed by atoms with Crippen LogP contribution in [0.5, 0.6) is 0 Å². The summed E-state index contributed by atoms with van der Waals surface area (Å²) in [4.78, 5) is 24.4.